The van der Waals surface area contributed by atoms with Crippen molar-refractivity contribution in [3.63, 3.8) is 0 Å². The van der Waals surface area contributed by atoms with E-state index in [-0.39, 0.29) is 31.0 Å². The van der Waals surface area contributed by atoms with Gasteiger partial charge in [0.15, 0.2) is 0 Å². The van der Waals surface area contributed by atoms with Crippen molar-refractivity contribution in [3.8, 4) is 0 Å². The number of halogens is 6. The summed E-state index contributed by atoms with van der Waals surface area (Å²) in [6.45, 7) is 4.06. The van der Waals surface area contributed by atoms with E-state index in [2.05, 4.69) is 10.3 Å². The minimum atomic E-state index is -4.51. The van der Waals surface area contributed by atoms with Crippen LogP contribution in [0.5, 0.6) is 0 Å². The number of hydrogen-bond donors (Lipinski definition) is 1. The number of alkyl halides is 6. The highest BCUT2D eigenvalue weighted by Gasteiger charge is 2.49. The molecule has 31 heavy (non-hydrogen) atoms. The van der Waals surface area contributed by atoms with E-state index in [0.29, 0.717) is 43.5 Å². The molecule has 10 heteroatoms. The number of amides is 1. The Morgan fingerprint density at radius 3 is 2.61 bits per heavy atom. The van der Waals surface area contributed by atoms with Crippen molar-refractivity contribution in [2.45, 2.75) is 70.9 Å². The van der Waals surface area contributed by atoms with E-state index >= 15 is 0 Å². The monoisotopic (exact) mass is 451 g/mol. The number of fused-ring (bicyclic) bond motifs is 1. The van der Waals surface area contributed by atoms with Crippen molar-refractivity contribution in [3.05, 3.63) is 29.1 Å². The molecule has 2 atom stereocenters. The van der Waals surface area contributed by atoms with Crippen LogP contribution < -0.4 is 5.32 Å². The number of rotatable bonds is 5. The molecule has 1 saturated carbocycles. The van der Waals surface area contributed by atoms with Gasteiger partial charge in [0.1, 0.15) is 0 Å². The fraction of sp³-hybridized carbons (Fsp3) is 0.714. The molecule has 3 rings (SSSR count). The fourth-order valence-corrected chi connectivity index (χ4v) is 4.70. The maximum Gasteiger partial charge on any atom is 0.417 e. The van der Waals surface area contributed by atoms with E-state index in [9.17, 15) is 31.1 Å². The lowest BCUT2D eigenvalue weighted by Gasteiger charge is -2.39. The molecular formula is C21H27F6N3O. The Morgan fingerprint density at radius 1 is 1.29 bits per heavy atom. The molecule has 1 aliphatic heterocycles. The SMILES string of the molecule is CC(C)[C@]1(C(=O)N2CCc3ncc(C(F)(F)F)cc3C2)CC[C@@H](NCCC(F)(F)F)C1. The van der Waals surface area contributed by atoms with E-state index in [1.165, 1.54) is 0 Å². The van der Waals surface area contributed by atoms with Crippen molar-refractivity contribution >= 4 is 5.91 Å². The first-order chi connectivity index (χ1) is 14.3. The third-order valence-electron chi connectivity index (χ3n) is 6.58. The summed E-state index contributed by atoms with van der Waals surface area (Å²) in [5, 5.41) is 2.92. The van der Waals surface area contributed by atoms with Gasteiger partial charge in [0.25, 0.3) is 0 Å². The van der Waals surface area contributed by atoms with Crippen LogP contribution in [0.15, 0.2) is 12.3 Å². The van der Waals surface area contributed by atoms with Crippen molar-refractivity contribution in [2.24, 2.45) is 11.3 Å². The summed E-state index contributed by atoms with van der Waals surface area (Å²) in [4.78, 5) is 19.0. The first-order valence-corrected chi connectivity index (χ1v) is 10.5. The normalized spacial score (nSPS) is 24.5. The van der Waals surface area contributed by atoms with Gasteiger partial charge in [-0.3, -0.25) is 9.78 Å². The summed E-state index contributed by atoms with van der Waals surface area (Å²) >= 11 is 0. The van der Waals surface area contributed by atoms with Crippen molar-refractivity contribution < 1.29 is 31.1 Å². The van der Waals surface area contributed by atoms with Crippen molar-refractivity contribution in [2.75, 3.05) is 13.1 Å². The summed E-state index contributed by atoms with van der Waals surface area (Å²) in [5.74, 6) is -0.180. The molecule has 1 aromatic heterocycles. The van der Waals surface area contributed by atoms with Crippen molar-refractivity contribution in [1.29, 1.82) is 0 Å². The predicted molar refractivity (Wildman–Crippen MR) is 102 cm³/mol. The third kappa shape index (κ3) is 5.32. The average Bonchev–Trinajstić information content (AvgIpc) is 3.10. The molecule has 2 heterocycles. The van der Waals surface area contributed by atoms with Crippen molar-refractivity contribution in [1.82, 2.24) is 15.2 Å². The minimum absolute atomic E-state index is 0.0459. The lowest BCUT2D eigenvalue weighted by atomic mass is 9.74. The number of nitrogens with zero attached hydrogens (tertiary/aromatic N) is 2. The predicted octanol–water partition coefficient (Wildman–Crippen LogP) is 4.72. The van der Waals surface area contributed by atoms with Crippen LogP contribution >= 0.6 is 0 Å². The number of aromatic nitrogens is 1. The Labute approximate surface area is 177 Å². The molecule has 0 bridgehead atoms. The second kappa shape index (κ2) is 8.60. The number of hydrogen-bond acceptors (Lipinski definition) is 3. The molecule has 2 aliphatic rings. The molecule has 0 aromatic carbocycles. The Kier molecular flexibility index (Phi) is 6.60. The van der Waals surface area contributed by atoms with Gasteiger partial charge in [-0.1, -0.05) is 13.8 Å². The third-order valence-corrected chi connectivity index (χ3v) is 6.58. The fourth-order valence-electron chi connectivity index (χ4n) is 4.70. The van der Waals surface area contributed by atoms with E-state index < -0.39 is 29.8 Å². The van der Waals surface area contributed by atoms with Gasteiger partial charge in [-0.2, -0.15) is 26.3 Å². The van der Waals surface area contributed by atoms with Crippen LogP contribution in [0.4, 0.5) is 26.3 Å². The van der Waals surface area contributed by atoms with Crippen LogP contribution in [0.25, 0.3) is 0 Å². The average molecular weight is 451 g/mol. The summed E-state index contributed by atoms with van der Waals surface area (Å²) in [7, 11) is 0. The molecule has 1 amide bonds. The number of carbonyl (C=O) groups is 1. The molecule has 1 N–H and O–H groups in total. The molecule has 1 aromatic rings. The first-order valence-electron chi connectivity index (χ1n) is 10.5. The van der Waals surface area contributed by atoms with Crippen LogP contribution in [0.1, 0.15) is 56.4 Å². The van der Waals surface area contributed by atoms with Gasteiger partial charge in [0, 0.05) is 44.0 Å². The molecule has 1 aliphatic carbocycles. The highest BCUT2D eigenvalue weighted by atomic mass is 19.4. The molecular weight excluding hydrogens is 424 g/mol. The van der Waals surface area contributed by atoms with Gasteiger partial charge in [-0.25, -0.2) is 0 Å². The van der Waals surface area contributed by atoms with Crippen LogP contribution in [0, 0.1) is 11.3 Å². The zero-order valence-corrected chi connectivity index (χ0v) is 17.5. The van der Waals surface area contributed by atoms with E-state index in [4.69, 9.17) is 0 Å². The Balaban J connectivity index is 1.72. The van der Waals surface area contributed by atoms with Crippen LogP contribution in [-0.2, 0) is 23.9 Å². The highest BCUT2D eigenvalue weighted by molar-refractivity contribution is 5.83. The van der Waals surface area contributed by atoms with Gasteiger partial charge >= 0.3 is 12.4 Å². The Morgan fingerprint density at radius 2 is 2.00 bits per heavy atom. The molecule has 174 valence electrons. The number of carbonyl (C=O) groups excluding carboxylic acids is 1. The second-order valence-corrected chi connectivity index (χ2v) is 8.87. The highest BCUT2D eigenvalue weighted by Crippen LogP contribution is 2.46. The zero-order chi connectivity index (χ0) is 23.0. The summed E-state index contributed by atoms with van der Waals surface area (Å²) in [6.07, 6.45) is -6.92. The molecule has 1 fully saturated rings. The quantitative estimate of drug-likeness (QED) is 0.659. The van der Waals surface area contributed by atoms with Crippen LogP contribution in [-0.4, -0.2) is 41.1 Å². The molecule has 4 nitrogen and oxygen atoms in total. The summed E-state index contributed by atoms with van der Waals surface area (Å²) in [6, 6.07) is 0.865. The van der Waals surface area contributed by atoms with Gasteiger partial charge < -0.3 is 10.2 Å². The summed E-state index contributed by atoms with van der Waals surface area (Å²) < 4.78 is 76.4. The second-order valence-electron chi connectivity index (χ2n) is 8.87. The smallest absolute Gasteiger partial charge is 0.337 e. The van der Waals surface area contributed by atoms with E-state index in [1.54, 1.807) is 4.90 Å². The number of nitrogens with one attached hydrogen (secondary N) is 1. The van der Waals surface area contributed by atoms with Crippen LogP contribution in [0.2, 0.25) is 0 Å². The Hall–Kier alpha value is -1.84. The summed E-state index contributed by atoms with van der Waals surface area (Å²) in [5.41, 5.74) is -0.614. The van der Waals surface area contributed by atoms with Gasteiger partial charge in [-0.15, -0.1) is 0 Å². The largest absolute Gasteiger partial charge is 0.417 e. The zero-order valence-electron chi connectivity index (χ0n) is 17.5. The molecule has 0 saturated heterocycles. The topological polar surface area (TPSA) is 45.2 Å². The molecule has 0 spiro atoms. The van der Waals surface area contributed by atoms with Crippen LogP contribution in [0.3, 0.4) is 0 Å². The minimum Gasteiger partial charge on any atom is -0.337 e. The van der Waals surface area contributed by atoms with E-state index in [0.717, 1.165) is 12.3 Å². The maximum absolute atomic E-state index is 13.5. The molecule has 0 unspecified atom stereocenters. The Bertz CT molecular complexity index is 807. The van der Waals surface area contributed by atoms with E-state index in [1.807, 2.05) is 13.8 Å². The van der Waals surface area contributed by atoms with Gasteiger partial charge in [-0.05, 0) is 36.8 Å². The van der Waals surface area contributed by atoms with Gasteiger partial charge in [0.2, 0.25) is 5.91 Å². The lowest BCUT2D eigenvalue weighted by Crippen LogP contribution is -2.48. The maximum atomic E-state index is 13.5. The van der Waals surface area contributed by atoms with Gasteiger partial charge in [0.05, 0.1) is 17.4 Å². The number of pyridine rings is 1. The standard InChI is InChI=1S/C21H27F6N3O/c1-13(2)19(5-3-16(10-19)28-7-6-20(22,23)24)18(31)30-8-4-17-14(12-30)9-15(11-29-17)21(25,26)27/h9,11,13,16,28H,3-8,10,12H2,1-2H3/t16-,19+/m1/s1. The lowest BCUT2D eigenvalue weighted by molar-refractivity contribution is -0.146. The first kappa shape index (κ1) is 23.8. The molecule has 0 radical (unpaired) electrons.